The van der Waals surface area contributed by atoms with Gasteiger partial charge in [-0.2, -0.15) is 0 Å². The van der Waals surface area contributed by atoms with E-state index >= 15 is 0 Å². The van der Waals surface area contributed by atoms with Crippen LogP contribution in [0.25, 0.3) is 0 Å². The van der Waals surface area contributed by atoms with E-state index in [1.807, 2.05) is 0 Å². The number of rotatable bonds is 5. The summed E-state index contributed by atoms with van der Waals surface area (Å²) in [5.74, 6) is -0.771. The zero-order valence-corrected chi connectivity index (χ0v) is 13.2. The maximum absolute atomic E-state index is 11.9. The van der Waals surface area contributed by atoms with Gasteiger partial charge in [-0.25, -0.2) is 4.79 Å². The van der Waals surface area contributed by atoms with Gasteiger partial charge in [0.25, 0.3) is 0 Å². The van der Waals surface area contributed by atoms with Gasteiger partial charge in [0.2, 0.25) is 0 Å². The number of hydrogen-bond donors (Lipinski definition) is 2. The topological polar surface area (TPSA) is 78.9 Å². The van der Waals surface area contributed by atoms with Gasteiger partial charge in [0.15, 0.2) is 0 Å². The molecule has 0 spiro atoms. The van der Waals surface area contributed by atoms with Crippen LogP contribution >= 0.6 is 23.2 Å². The molecule has 1 atom stereocenters. The molecule has 1 aromatic rings. The van der Waals surface area contributed by atoms with Gasteiger partial charge < -0.3 is 20.1 Å². The first kappa shape index (κ1) is 16.7. The number of halogens is 2. The number of ether oxygens (including phenoxy) is 1. The second-order valence-corrected chi connectivity index (χ2v) is 5.74. The number of benzene rings is 1. The van der Waals surface area contributed by atoms with Gasteiger partial charge in [0.1, 0.15) is 12.4 Å². The third-order valence-electron chi connectivity index (χ3n) is 3.36. The molecular formula is C14H16Cl2N2O4. The summed E-state index contributed by atoms with van der Waals surface area (Å²) in [6.07, 6.45) is 0.489. The van der Waals surface area contributed by atoms with Crippen LogP contribution in [-0.4, -0.2) is 48.2 Å². The molecule has 2 amide bonds. The minimum absolute atomic E-state index is 0.245. The van der Waals surface area contributed by atoms with Crippen LogP contribution in [0.3, 0.4) is 0 Å². The predicted molar refractivity (Wildman–Crippen MR) is 82.7 cm³/mol. The van der Waals surface area contributed by atoms with Crippen molar-refractivity contribution in [3.63, 3.8) is 0 Å². The average Bonchev–Trinajstić information content (AvgIpc) is 2.97. The Morgan fingerprint density at radius 2 is 2.14 bits per heavy atom. The molecule has 1 aliphatic heterocycles. The summed E-state index contributed by atoms with van der Waals surface area (Å²) in [6.45, 7) is 1.29. The number of carbonyl (C=O) groups excluding carboxylic acids is 1. The van der Waals surface area contributed by atoms with E-state index in [4.69, 9.17) is 33.0 Å². The summed E-state index contributed by atoms with van der Waals surface area (Å²) in [4.78, 5) is 24.2. The number of hydrogen-bond acceptors (Lipinski definition) is 3. The fourth-order valence-corrected chi connectivity index (χ4v) is 2.44. The Hall–Kier alpha value is -1.66. The fourth-order valence-electron chi connectivity index (χ4n) is 2.15. The van der Waals surface area contributed by atoms with E-state index in [0.717, 1.165) is 0 Å². The predicted octanol–water partition coefficient (Wildman–Crippen LogP) is 2.49. The molecule has 1 saturated heterocycles. The van der Waals surface area contributed by atoms with E-state index in [0.29, 0.717) is 35.3 Å². The molecule has 22 heavy (non-hydrogen) atoms. The van der Waals surface area contributed by atoms with Crippen LogP contribution in [0.15, 0.2) is 18.2 Å². The number of aliphatic carboxylic acids is 1. The highest BCUT2D eigenvalue weighted by Crippen LogP contribution is 2.26. The number of likely N-dealkylation sites (tertiary alicyclic amines) is 1. The molecule has 2 N–H and O–H groups in total. The number of amides is 2. The maximum Gasteiger partial charge on any atom is 0.317 e. The minimum atomic E-state index is -0.863. The lowest BCUT2D eigenvalue weighted by Crippen LogP contribution is -2.40. The zero-order valence-electron chi connectivity index (χ0n) is 11.7. The van der Waals surface area contributed by atoms with Crippen molar-refractivity contribution in [1.29, 1.82) is 0 Å². The largest absolute Gasteiger partial charge is 0.492 e. The summed E-state index contributed by atoms with van der Waals surface area (Å²) >= 11 is 11.7. The van der Waals surface area contributed by atoms with Crippen LogP contribution in [0.1, 0.15) is 6.42 Å². The van der Waals surface area contributed by atoms with Gasteiger partial charge >= 0.3 is 12.0 Å². The number of nitrogens with zero attached hydrogens (tertiary/aromatic N) is 1. The van der Waals surface area contributed by atoms with Crippen molar-refractivity contribution in [2.45, 2.75) is 6.42 Å². The molecule has 1 fully saturated rings. The second-order valence-electron chi connectivity index (χ2n) is 4.93. The molecule has 120 valence electrons. The van der Waals surface area contributed by atoms with Gasteiger partial charge in [0.05, 0.1) is 22.5 Å². The molecule has 0 aliphatic carbocycles. The van der Waals surface area contributed by atoms with Gasteiger partial charge in [-0.05, 0) is 18.6 Å². The lowest BCUT2D eigenvalue weighted by molar-refractivity contribution is -0.141. The van der Waals surface area contributed by atoms with Crippen molar-refractivity contribution in [2.75, 3.05) is 26.2 Å². The number of urea groups is 1. The van der Waals surface area contributed by atoms with E-state index < -0.39 is 11.9 Å². The van der Waals surface area contributed by atoms with E-state index in [1.54, 1.807) is 18.2 Å². The highest BCUT2D eigenvalue weighted by molar-refractivity contribution is 6.42. The first-order valence-corrected chi connectivity index (χ1v) is 7.56. The summed E-state index contributed by atoms with van der Waals surface area (Å²) in [5, 5.41) is 12.4. The van der Waals surface area contributed by atoms with Gasteiger partial charge in [-0.1, -0.05) is 23.2 Å². The molecule has 1 aromatic carbocycles. The number of carboxylic acids is 1. The molecule has 0 radical (unpaired) electrons. The minimum Gasteiger partial charge on any atom is -0.492 e. The van der Waals surface area contributed by atoms with E-state index in [1.165, 1.54) is 4.90 Å². The summed E-state index contributed by atoms with van der Waals surface area (Å²) in [6, 6.07) is 4.65. The lowest BCUT2D eigenvalue weighted by Gasteiger charge is -2.16. The highest BCUT2D eigenvalue weighted by Gasteiger charge is 2.30. The van der Waals surface area contributed by atoms with Crippen molar-refractivity contribution < 1.29 is 19.4 Å². The van der Waals surface area contributed by atoms with Crippen molar-refractivity contribution in [3.05, 3.63) is 28.2 Å². The molecule has 1 unspecified atom stereocenters. The number of carboxylic acid groups (broad SMARTS) is 1. The Morgan fingerprint density at radius 3 is 2.77 bits per heavy atom. The molecule has 6 nitrogen and oxygen atoms in total. The Bertz CT molecular complexity index is 568. The SMILES string of the molecule is O=C(O)C1CCN(C(=O)NCCOc2ccc(Cl)c(Cl)c2)C1. The van der Waals surface area contributed by atoms with Crippen molar-refractivity contribution in [2.24, 2.45) is 5.92 Å². The molecule has 2 rings (SSSR count). The van der Waals surface area contributed by atoms with E-state index in [9.17, 15) is 9.59 Å². The highest BCUT2D eigenvalue weighted by atomic mass is 35.5. The Balaban J connectivity index is 1.69. The monoisotopic (exact) mass is 346 g/mol. The van der Waals surface area contributed by atoms with Gasteiger partial charge in [-0.3, -0.25) is 4.79 Å². The second kappa shape index (κ2) is 7.56. The zero-order chi connectivity index (χ0) is 16.1. The van der Waals surface area contributed by atoms with Crippen molar-refractivity contribution in [1.82, 2.24) is 10.2 Å². The normalized spacial score (nSPS) is 17.4. The maximum atomic E-state index is 11.9. The summed E-state index contributed by atoms with van der Waals surface area (Å²) in [7, 11) is 0. The smallest absolute Gasteiger partial charge is 0.317 e. The Kier molecular flexibility index (Phi) is 5.74. The third-order valence-corrected chi connectivity index (χ3v) is 4.10. The van der Waals surface area contributed by atoms with Crippen LogP contribution < -0.4 is 10.1 Å². The standard InChI is InChI=1S/C14H16Cl2N2O4/c15-11-2-1-10(7-12(11)16)22-6-4-17-14(21)18-5-3-9(8-18)13(19)20/h1-2,7,9H,3-6,8H2,(H,17,21)(H,19,20). The van der Waals surface area contributed by atoms with Gasteiger partial charge in [-0.15, -0.1) is 0 Å². The first-order chi connectivity index (χ1) is 10.5. The quantitative estimate of drug-likeness (QED) is 0.802. The molecule has 0 bridgehead atoms. The van der Waals surface area contributed by atoms with Crippen LogP contribution in [-0.2, 0) is 4.79 Å². The van der Waals surface area contributed by atoms with Crippen molar-refractivity contribution >= 4 is 35.2 Å². The Labute approximate surface area is 137 Å². The summed E-state index contributed by atoms with van der Waals surface area (Å²) < 4.78 is 5.44. The average molecular weight is 347 g/mol. The van der Waals surface area contributed by atoms with Crippen LogP contribution in [0.2, 0.25) is 10.0 Å². The fraction of sp³-hybridized carbons (Fsp3) is 0.429. The molecule has 1 heterocycles. The lowest BCUT2D eigenvalue weighted by atomic mass is 10.1. The summed E-state index contributed by atoms with van der Waals surface area (Å²) in [5.41, 5.74) is 0. The Morgan fingerprint density at radius 1 is 1.36 bits per heavy atom. The molecule has 0 aromatic heterocycles. The van der Waals surface area contributed by atoms with Crippen LogP contribution in [0.4, 0.5) is 4.79 Å². The van der Waals surface area contributed by atoms with E-state index in [-0.39, 0.29) is 19.2 Å². The molecule has 8 heteroatoms. The van der Waals surface area contributed by atoms with Crippen LogP contribution in [0, 0.1) is 5.92 Å². The third kappa shape index (κ3) is 4.42. The van der Waals surface area contributed by atoms with E-state index in [2.05, 4.69) is 5.32 Å². The first-order valence-electron chi connectivity index (χ1n) is 6.81. The number of nitrogens with one attached hydrogen (secondary N) is 1. The molecule has 1 aliphatic rings. The van der Waals surface area contributed by atoms with Crippen LogP contribution in [0.5, 0.6) is 5.75 Å². The molecule has 0 saturated carbocycles. The van der Waals surface area contributed by atoms with Crippen molar-refractivity contribution in [3.8, 4) is 5.75 Å². The van der Waals surface area contributed by atoms with Gasteiger partial charge in [0, 0.05) is 19.2 Å². The number of carbonyl (C=O) groups is 2. The molecular weight excluding hydrogens is 331 g/mol.